The number of ether oxygens (including phenoxy) is 4. The zero-order valence-corrected chi connectivity index (χ0v) is 29.3. The van der Waals surface area contributed by atoms with Gasteiger partial charge in [0.1, 0.15) is 23.4 Å². The van der Waals surface area contributed by atoms with E-state index in [9.17, 15) is 23.1 Å². The number of fused-ring (bicyclic) bond motifs is 2. The van der Waals surface area contributed by atoms with Gasteiger partial charge in [-0.2, -0.15) is 13.2 Å². The Kier molecular flexibility index (Phi) is 10.9. The SMILES string of the molecule is CN1CCC(Oc2ccc(C(F)(F)F)cc2NC(=O)c2cccc3cc(Oc4ccnc5cc(OCCCN6CCOCC6)c(O)cc45)ccc23)CC1. The molecule has 0 aliphatic carbocycles. The maximum absolute atomic E-state index is 13.7. The summed E-state index contributed by atoms with van der Waals surface area (Å²) in [4.78, 5) is 22.6. The topological polar surface area (TPSA) is 106 Å². The lowest BCUT2D eigenvalue weighted by Crippen LogP contribution is -2.37. The number of anilines is 1. The van der Waals surface area contributed by atoms with Gasteiger partial charge in [-0.1, -0.05) is 12.1 Å². The zero-order chi connectivity index (χ0) is 37.0. The second-order valence-corrected chi connectivity index (χ2v) is 13.4. The molecule has 2 fully saturated rings. The van der Waals surface area contributed by atoms with E-state index < -0.39 is 17.6 Å². The molecule has 5 aromatic rings. The number of hydrogen-bond acceptors (Lipinski definition) is 9. The molecule has 7 rings (SSSR count). The fourth-order valence-electron chi connectivity index (χ4n) is 6.67. The first-order valence-corrected chi connectivity index (χ1v) is 17.7. The molecular formula is C40H41F3N4O6. The van der Waals surface area contributed by atoms with E-state index in [1.54, 1.807) is 54.7 Å². The lowest BCUT2D eigenvalue weighted by Gasteiger charge is -2.30. The summed E-state index contributed by atoms with van der Waals surface area (Å²) in [6.07, 6.45) is -0.916. The van der Waals surface area contributed by atoms with E-state index in [-0.39, 0.29) is 28.9 Å². The van der Waals surface area contributed by atoms with Crippen molar-refractivity contribution in [1.29, 1.82) is 0 Å². The molecule has 0 bridgehead atoms. The predicted molar refractivity (Wildman–Crippen MR) is 195 cm³/mol. The van der Waals surface area contributed by atoms with Crippen LogP contribution in [0, 0.1) is 0 Å². The number of rotatable bonds is 11. The first-order chi connectivity index (χ1) is 25.6. The molecule has 0 spiro atoms. The maximum atomic E-state index is 13.7. The number of hydrogen-bond donors (Lipinski definition) is 2. The number of piperidine rings is 1. The molecule has 1 aromatic heterocycles. The van der Waals surface area contributed by atoms with Crippen LogP contribution in [0.2, 0.25) is 0 Å². The summed E-state index contributed by atoms with van der Waals surface area (Å²) in [6.45, 7) is 6.22. The summed E-state index contributed by atoms with van der Waals surface area (Å²) in [6, 6.07) is 18.4. The van der Waals surface area contributed by atoms with Gasteiger partial charge in [-0.15, -0.1) is 0 Å². The number of aromatic hydroxyl groups is 1. The van der Waals surface area contributed by atoms with E-state index in [1.165, 1.54) is 6.07 Å². The predicted octanol–water partition coefficient (Wildman–Crippen LogP) is 7.73. The Balaban J connectivity index is 1.07. The molecule has 0 atom stereocenters. The van der Waals surface area contributed by atoms with Gasteiger partial charge < -0.3 is 34.3 Å². The number of phenolic OH excluding ortho intramolecular Hbond substituents is 1. The summed E-state index contributed by atoms with van der Waals surface area (Å²) in [5, 5.41) is 15.3. The van der Waals surface area contributed by atoms with E-state index in [0.29, 0.717) is 45.5 Å². The average molecular weight is 731 g/mol. The van der Waals surface area contributed by atoms with E-state index in [4.69, 9.17) is 18.9 Å². The largest absolute Gasteiger partial charge is 0.504 e. The Morgan fingerprint density at radius 2 is 1.75 bits per heavy atom. The van der Waals surface area contributed by atoms with Crippen LogP contribution < -0.4 is 19.5 Å². The minimum Gasteiger partial charge on any atom is -0.504 e. The number of morpholine rings is 1. The highest BCUT2D eigenvalue weighted by molar-refractivity contribution is 6.13. The van der Waals surface area contributed by atoms with Gasteiger partial charge in [0.2, 0.25) is 0 Å². The van der Waals surface area contributed by atoms with Crippen LogP contribution in [0.5, 0.6) is 28.7 Å². The van der Waals surface area contributed by atoms with Crippen molar-refractivity contribution < 1.29 is 42.0 Å². The molecule has 2 N–H and O–H groups in total. The van der Waals surface area contributed by atoms with Crippen molar-refractivity contribution in [2.45, 2.75) is 31.5 Å². The highest BCUT2D eigenvalue weighted by atomic mass is 19.4. The van der Waals surface area contributed by atoms with Gasteiger partial charge in [0.25, 0.3) is 5.91 Å². The molecule has 0 radical (unpaired) electrons. The Labute approximate surface area is 305 Å². The van der Waals surface area contributed by atoms with E-state index in [0.717, 1.165) is 77.3 Å². The molecule has 2 saturated heterocycles. The molecule has 13 heteroatoms. The number of phenols is 1. The molecule has 278 valence electrons. The molecular weight excluding hydrogens is 689 g/mol. The standard InChI is InChI=1S/C40H41F3N4O6/c1-46-15-11-28(12-16-46)52-37-9-6-27(40(41,42)43)23-34(37)45-39(49)31-5-2-4-26-22-29(7-8-30(26)31)53-36-10-13-44-33-25-38(35(48)24-32(33)36)51-19-3-14-47-17-20-50-21-18-47/h2,4-10,13,22-25,28,48H,3,11-12,14-21H2,1H3,(H,45,49). The van der Waals surface area contributed by atoms with Crippen molar-refractivity contribution in [3.63, 3.8) is 0 Å². The third-order valence-corrected chi connectivity index (χ3v) is 9.60. The number of amides is 1. The summed E-state index contributed by atoms with van der Waals surface area (Å²) < 4.78 is 64.8. The number of halogens is 3. The number of carbonyl (C=O) groups is 1. The zero-order valence-electron chi connectivity index (χ0n) is 29.3. The second-order valence-electron chi connectivity index (χ2n) is 13.4. The van der Waals surface area contributed by atoms with Gasteiger partial charge in [-0.3, -0.25) is 14.7 Å². The molecule has 2 aliphatic rings. The molecule has 2 aliphatic heterocycles. The van der Waals surface area contributed by atoms with Crippen molar-refractivity contribution in [2.75, 3.05) is 64.9 Å². The van der Waals surface area contributed by atoms with Crippen molar-refractivity contribution in [1.82, 2.24) is 14.8 Å². The lowest BCUT2D eigenvalue weighted by molar-refractivity contribution is -0.137. The van der Waals surface area contributed by atoms with Crippen LogP contribution in [0.15, 0.2) is 79.0 Å². The fourth-order valence-corrected chi connectivity index (χ4v) is 6.67. The first kappa shape index (κ1) is 36.3. The van der Waals surface area contributed by atoms with E-state index >= 15 is 0 Å². The van der Waals surface area contributed by atoms with Crippen LogP contribution in [0.25, 0.3) is 21.7 Å². The van der Waals surface area contributed by atoms with Gasteiger partial charge >= 0.3 is 6.18 Å². The number of pyridine rings is 1. The number of nitrogens with zero attached hydrogens (tertiary/aromatic N) is 3. The van der Waals surface area contributed by atoms with Gasteiger partial charge in [0.15, 0.2) is 11.5 Å². The van der Waals surface area contributed by atoms with Crippen LogP contribution in [0.3, 0.4) is 0 Å². The Morgan fingerprint density at radius 3 is 2.55 bits per heavy atom. The lowest BCUT2D eigenvalue weighted by atomic mass is 10.0. The number of alkyl halides is 3. The number of likely N-dealkylation sites (tertiary alicyclic amines) is 1. The smallest absolute Gasteiger partial charge is 0.416 e. The summed E-state index contributed by atoms with van der Waals surface area (Å²) in [5.74, 6) is 0.848. The van der Waals surface area contributed by atoms with E-state index in [1.807, 2.05) is 13.1 Å². The van der Waals surface area contributed by atoms with Crippen LogP contribution in [-0.4, -0.2) is 91.5 Å². The maximum Gasteiger partial charge on any atom is 0.416 e. The Morgan fingerprint density at radius 1 is 0.943 bits per heavy atom. The van der Waals surface area contributed by atoms with Gasteiger partial charge in [0, 0.05) is 55.9 Å². The van der Waals surface area contributed by atoms with Gasteiger partial charge in [-0.05, 0) is 91.7 Å². The van der Waals surface area contributed by atoms with Crippen molar-refractivity contribution in [2.24, 2.45) is 0 Å². The summed E-state index contributed by atoms with van der Waals surface area (Å²) in [7, 11) is 2.01. The second kappa shape index (κ2) is 15.9. The normalized spacial score (nSPS) is 16.2. The molecule has 3 heterocycles. The van der Waals surface area contributed by atoms with Crippen LogP contribution in [-0.2, 0) is 10.9 Å². The number of carbonyl (C=O) groups excluding carboxylic acids is 1. The van der Waals surface area contributed by atoms with Crippen LogP contribution in [0.1, 0.15) is 35.2 Å². The van der Waals surface area contributed by atoms with Crippen LogP contribution in [0.4, 0.5) is 18.9 Å². The van der Waals surface area contributed by atoms with E-state index in [2.05, 4.69) is 20.1 Å². The quantitative estimate of drug-likeness (QED) is 0.132. The summed E-state index contributed by atoms with van der Waals surface area (Å²) in [5.41, 5.74) is -0.0797. The highest BCUT2D eigenvalue weighted by Gasteiger charge is 2.32. The number of benzene rings is 4. The molecule has 0 unspecified atom stereocenters. The van der Waals surface area contributed by atoms with Crippen molar-refractivity contribution in [3.05, 3.63) is 90.1 Å². The average Bonchev–Trinajstić information content (AvgIpc) is 3.15. The van der Waals surface area contributed by atoms with Crippen molar-refractivity contribution in [3.8, 4) is 28.7 Å². The minimum atomic E-state index is -4.60. The monoisotopic (exact) mass is 730 g/mol. The fraction of sp³-hybridized carbons (Fsp3) is 0.350. The highest BCUT2D eigenvalue weighted by Crippen LogP contribution is 2.39. The number of aromatic nitrogens is 1. The first-order valence-electron chi connectivity index (χ1n) is 17.7. The third kappa shape index (κ3) is 8.75. The molecule has 53 heavy (non-hydrogen) atoms. The molecule has 1 amide bonds. The molecule has 10 nitrogen and oxygen atoms in total. The minimum absolute atomic E-state index is 0.0310. The van der Waals surface area contributed by atoms with Gasteiger partial charge in [0.05, 0.1) is 36.6 Å². The molecule has 4 aromatic carbocycles. The van der Waals surface area contributed by atoms with Crippen molar-refractivity contribution >= 4 is 33.3 Å². The van der Waals surface area contributed by atoms with Crippen LogP contribution >= 0.6 is 0 Å². The van der Waals surface area contributed by atoms with Gasteiger partial charge in [-0.25, -0.2) is 0 Å². The Bertz CT molecular complexity index is 2080. The molecule has 0 saturated carbocycles. The summed E-state index contributed by atoms with van der Waals surface area (Å²) >= 11 is 0. The number of nitrogens with one attached hydrogen (secondary N) is 1. The third-order valence-electron chi connectivity index (χ3n) is 9.60. The Hall–Kier alpha value is -5.11.